The summed E-state index contributed by atoms with van der Waals surface area (Å²) in [6, 6.07) is 16.4. The lowest BCUT2D eigenvalue weighted by Gasteiger charge is -2.38. The second-order valence-electron chi connectivity index (χ2n) is 6.08. The third kappa shape index (κ3) is 2.55. The zero-order valence-corrected chi connectivity index (χ0v) is 15.3. The number of halogens is 1. The lowest BCUT2D eigenvalue weighted by atomic mass is 10.0. The monoisotopic (exact) mass is 396 g/mol. The van der Waals surface area contributed by atoms with Crippen LogP contribution >= 0.6 is 15.9 Å². The number of benzene rings is 2. The summed E-state index contributed by atoms with van der Waals surface area (Å²) in [5.74, 6) is 0.0814. The second kappa shape index (κ2) is 6.08. The normalized spacial score (nSPS) is 15.6. The van der Waals surface area contributed by atoms with Crippen LogP contribution in [-0.4, -0.2) is 15.6 Å². The Hall–Kier alpha value is -2.53. The van der Waals surface area contributed by atoms with Crippen LogP contribution in [0.5, 0.6) is 5.75 Å². The average Bonchev–Trinajstić information content (AvgIpc) is 3.10. The fourth-order valence-corrected chi connectivity index (χ4v) is 3.81. The molecule has 126 valence electrons. The van der Waals surface area contributed by atoms with Gasteiger partial charge in [-0.15, -0.1) is 0 Å². The standard InChI is InChI=1S/C20H17BrN2O2/c1-2-16-17-4-3-11-22(17)18-10-7-14(21)12-19(18)23(16)20(25)13-5-8-15(24)9-6-13/h3-12,16,24H,2H2,1H3/t16-/m1/s1. The summed E-state index contributed by atoms with van der Waals surface area (Å²) in [6.45, 7) is 2.09. The van der Waals surface area contributed by atoms with Crippen LogP contribution in [0.4, 0.5) is 5.69 Å². The summed E-state index contributed by atoms with van der Waals surface area (Å²) in [7, 11) is 0. The van der Waals surface area contributed by atoms with Crippen LogP contribution < -0.4 is 4.90 Å². The van der Waals surface area contributed by atoms with Crippen molar-refractivity contribution in [2.75, 3.05) is 4.90 Å². The van der Waals surface area contributed by atoms with Gasteiger partial charge in [0, 0.05) is 21.9 Å². The number of aromatic nitrogens is 1. The van der Waals surface area contributed by atoms with Crippen LogP contribution in [0.1, 0.15) is 35.4 Å². The van der Waals surface area contributed by atoms with Gasteiger partial charge in [-0.2, -0.15) is 0 Å². The number of aromatic hydroxyl groups is 1. The molecule has 0 unspecified atom stereocenters. The molecule has 4 rings (SSSR count). The summed E-state index contributed by atoms with van der Waals surface area (Å²) < 4.78 is 3.08. The van der Waals surface area contributed by atoms with Crippen molar-refractivity contribution < 1.29 is 9.90 Å². The van der Waals surface area contributed by atoms with E-state index in [-0.39, 0.29) is 17.7 Å². The molecule has 1 aromatic heterocycles. The SMILES string of the molecule is CC[C@@H]1c2cccn2-c2ccc(Br)cc2N1C(=O)c1ccc(O)cc1. The van der Waals surface area contributed by atoms with Crippen molar-refractivity contribution in [3.63, 3.8) is 0 Å². The number of hydrogen-bond donors (Lipinski definition) is 1. The van der Waals surface area contributed by atoms with E-state index in [2.05, 4.69) is 33.5 Å². The Labute approximate surface area is 154 Å². The van der Waals surface area contributed by atoms with Crippen molar-refractivity contribution >= 4 is 27.5 Å². The van der Waals surface area contributed by atoms with Gasteiger partial charge in [-0.3, -0.25) is 9.69 Å². The summed E-state index contributed by atoms with van der Waals surface area (Å²) in [5.41, 5.74) is 3.52. The van der Waals surface area contributed by atoms with E-state index < -0.39 is 0 Å². The lowest BCUT2D eigenvalue weighted by Crippen LogP contribution is -2.39. The van der Waals surface area contributed by atoms with Gasteiger partial charge in [0.2, 0.25) is 0 Å². The van der Waals surface area contributed by atoms with E-state index in [1.54, 1.807) is 24.3 Å². The fourth-order valence-electron chi connectivity index (χ4n) is 3.46. The number of fused-ring (bicyclic) bond motifs is 3. The fraction of sp³-hybridized carbons (Fsp3) is 0.150. The summed E-state index contributed by atoms with van der Waals surface area (Å²) >= 11 is 3.53. The van der Waals surface area contributed by atoms with Gasteiger partial charge < -0.3 is 9.67 Å². The highest BCUT2D eigenvalue weighted by molar-refractivity contribution is 9.10. The van der Waals surface area contributed by atoms with Crippen LogP contribution in [0.2, 0.25) is 0 Å². The molecule has 0 aliphatic carbocycles. The van der Waals surface area contributed by atoms with Gasteiger partial charge >= 0.3 is 0 Å². The van der Waals surface area contributed by atoms with Crippen LogP contribution in [0.3, 0.4) is 0 Å². The third-order valence-corrected chi connectivity index (χ3v) is 5.10. The molecule has 1 aliphatic rings. The molecular weight excluding hydrogens is 380 g/mol. The van der Waals surface area contributed by atoms with E-state index in [9.17, 15) is 9.90 Å². The number of carbonyl (C=O) groups excluding carboxylic acids is 1. The number of anilines is 1. The molecule has 0 spiro atoms. The minimum Gasteiger partial charge on any atom is -0.508 e. The molecule has 0 saturated carbocycles. The lowest BCUT2D eigenvalue weighted by molar-refractivity contribution is 0.0973. The largest absolute Gasteiger partial charge is 0.508 e. The molecule has 1 N–H and O–H groups in total. The van der Waals surface area contributed by atoms with E-state index in [1.165, 1.54) is 0 Å². The molecule has 3 aromatic rings. The maximum Gasteiger partial charge on any atom is 0.258 e. The molecule has 25 heavy (non-hydrogen) atoms. The van der Waals surface area contributed by atoms with Crippen LogP contribution in [0.15, 0.2) is 65.3 Å². The number of hydrogen-bond acceptors (Lipinski definition) is 2. The quantitative estimate of drug-likeness (QED) is 0.657. The van der Waals surface area contributed by atoms with Crippen molar-refractivity contribution in [3.8, 4) is 11.4 Å². The van der Waals surface area contributed by atoms with Crippen molar-refractivity contribution in [2.45, 2.75) is 19.4 Å². The number of carbonyl (C=O) groups is 1. The van der Waals surface area contributed by atoms with Crippen molar-refractivity contribution in [1.82, 2.24) is 4.57 Å². The predicted octanol–water partition coefficient (Wildman–Crippen LogP) is 5.06. The first-order chi connectivity index (χ1) is 12.1. The van der Waals surface area contributed by atoms with Gasteiger partial charge in [-0.1, -0.05) is 22.9 Å². The molecule has 5 heteroatoms. The number of phenols is 1. The first kappa shape index (κ1) is 16.0. The highest BCUT2D eigenvalue weighted by atomic mass is 79.9. The van der Waals surface area contributed by atoms with Crippen LogP contribution in [0.25, 0.3) is 5.69 Å². The Morgan fingerprint density at radius 1 is 1.12 bits per heavy atom. The summed E-state index contributed by atoms with van der Waals surface area (Å²) in [5, 5.41) is 9.51. The number of nitrogens with zero attached hydrogens (tertiary/aromatic N) is 2. The smallest absolute Gasteiger partial charge is 0.258 e. The number of amides is 1. The highest BCUT2D eigenvalue weighted by Crippen LogP contribution is 2.42. The first-order valence-electron chi connectivity index (χ1n) is 8.20. The molecule has 1 aliphatic heterocycles. The molecule has 2 heterocycles. The highest BCUT2D eigenvalue weighted by Gasteiger charge is 2.34. The Balaban J connectivity index is 1.90. The third-order valence-electron chi connectivity index (χ3n) is 4.61. The van der Waals surface area contributed by atoms with Crippen LogP contribution in [-0.2, 0) is 0 Å². The Morgan fingerprint density at radius 2 is 1.88 bits per heavy atom. The van der Waals surface area contributed by atoms with E-state index in [4.69, 9.17) is 0 Å². The maximum atomic E-state index is 13.3. The Morgan fingerprint density at radius 3 is 2.60 bits per heavy atom. The summed E-state index contributed by atoms with van der Waals surface area (Å²) in [6.07, 6.45) is 2.84. The van der Waals surface area contributed by atoms with Gasteiger partial charge in [0.05, 0.1) is 17.4 Å². The number of rotatable bonds is 2. The molecular formula is C20H17BrN2O2. The molecule has 1 amide bonds. The van der Waals surface area contributed by atoms with Crippen molar-refractivity contribution in [2.24, 2.45) is 0 Å². The zero-order chi connectivity index (χ0) is 17.6. The Bertz CT molecular complexity index is 947. The molecule has 1 atom stereocenters. The van der Waals surface area contributed by atoms with Crippen molar-refractivity contribution in [1.29, 1.82) is 0 Å². The van der Waals surface area contributed by atoms with E-state index in [0.717, 1.165) is 28.0 Å². The topological polar surface area (TPSA) is 45.5 Å². The maximum absolute atomic E-state index is 13.3. The van der Waals surface area contributed by atoms with E-state index >= 15 is 0 Å². The molecule has 2 aromatic carbocycles. The molecule has 0 bridgehead atoms. The van der Waals surface area contributed by atoms with Gasteiger partial charge in [0.1, 0.15) is 5.75 Å². The van der Waals surface area contributed by atoms with E-state index in [1.807, 2.05) is 35.4 Å². The average molecular weight is 397 g/mol. The van der Waals surface area contributed by atoms with E-state index in [0.29, 0.717) is 5.56 Å². The molecule has 0 radical (unpaired) electrons. The first-order valence-corrected chi connectivity index (χ1v) is 8.99. The molecule has 0 fully saturated rings. The summed E-state index contributed by atoms with van der Waals surface area (Å²) in [4.78, 5) is 15.2. The van der Waals surface area contributed by atoms with Crippen molar-refractivity contribution in [3.05, 3.63) is 76.5 Å². The van der Waals surface area contributed by atoms with Gasteiger partial charge in [-0.25, -0.2) is 0 Å². The predicted molar refractivity (Wildman–Crippen MR) is 101 cm³/mol. The van der Waals surface area contributed by atoms with Gasteiger partial charge in [0.15, 0.2) is 0 Å². The number of phenolic OH excluding ortho intramolecular Hbond substituents is 1. The zero-order valence-electron chi connectivity index (χ0n) is 13.7. The minimum atomic E-state index is -0.0707. The molecule has 0 saturated heterocycles. The minimum absolute atomic E-state index is 0.0434. The van der Waals surface area contributed by atoms with Gasteiger partial charge in [0.25, 0.3) is 5.91 Å². The second-order valence-corrected chi connectivity index (χ2v) is 7.00. The van der Waals surface area contributed by atoms with Crippen LogP contribution in [0, 0.1) is 0 Å². The molecule has 4 nitrogen and oxygen atoms in total. The Kier molecular flexibility index (Phi) is 3.88. The van der Waals surface area contributed by atoms with Gasteiger partial charge in [-0.05, 0) is 61.0 Å².